The van der Waals surface area contributed by atoms with Crippen LogP contribution in [0.15, 0.2) is 0 Å². The molecule has 0 aliphatic heterocycles. The van der Waals surface area contributed by atoms with Crippen LogP contribution >= 0.6 is 0 Å². The molecule has 0 fully saturated rings. The predicted molar refractivity (Wildman–Crippen MR) is 61.6 cm³/mol. The van der Waals surface area contributed by atoms with Gasteiger partial charge in [-0.1, -0.05) is 6.92 Å². The number of hydrogen-bond donors (Lipinski definition) is 2. The number of ether oxygens (including phenoxy) is 1. The topological polar surface area (TPSA) is 64.3 Å². The molecule has 1 atom stereocenters. The van der Waals surface area contributed by atoms with Crippen LogP contribution in [0, 0.1) is 5.92 Å². The Bertz CT molecular complexity index is 193. The Morgan fingerprint density at radius 2 is 2.13 bits per heavy atom. The molecule has 4 heteroatoms. The Labute approximate surface area is 92.6 Å². The number of hydrogen-bond acceptors (Lipinski definition) is 3. The van der Waals surface area contributed by atoms with E-state index in [2.05, 4.69) is 5.32 Å². The molecule has 0 aromatic heterocycles. The highest BCUT2D eigenvalue weighted by Crippen LogP contribution is 2.09. The summed E-state index contributed by atoms with van der Waals surface area (Å²) in [6.07, 6.45) is 1.29. The van der Waals surface area contributed by atoms with Crippen molar-refractivity contribution in [1.29, 1.82) is 0 Å². The highest BCUT2D eigenvalue weighted by molar-refractivity contribution is 5.76. The average Bonchev–Trinajstić information content (AvgIpc) is 2.01. The van der Waals surface area contributed by atoms with E-state index < -0.39 is 0 Å². The lowest BCUT2D eigenvalue weighted by Crippen LogP contribution is -2.45. The van der Waals surface area contributed by atoms with Gasteiger partial charge in [-0.3, -0.25) is 4.79 Å². The second kappa shape index (κ2) is 6.80. The zero-order chi connectivity index (χ0) is 11.9. The minimum Gasteiger partial charge on any atom is -0.384 e. The molecule has 0 aliphatic rings. The van der Waals surface area contributed by atoms with Crippen LogP contribution in [0.5, 0.6) is 0 Å². The smallest absolute Gasteiger partial charge is 0.220 e. The third kappa shape index (κ3) is 7.33. The van der Waals surface area contributed by atoms with E-state index in [4.69, 9.17) is 10.5 Å². The highest BCUT2D eigenvalue weighted by atomic mass is 16.5. The van der Waals surface area contributed by atoms with Gasteiger partial charge in [-0.15, -0.1) is 0 Å². The maximum atomic E-state index is 11.6. The Hall–Kier alpha value is -0.610. The van der Waals surface area contributed by atoms with Crippen LogP contribution < -0.4 is 11.1 Å². The molecule has 0 heterocycles. The molecule has 15 heavy (non-hydrogen) atoms. The lowest BCUT2D eigenvalue weighted by atomic mass is 9.99. The fourth-order valence-corrected chi connectivity index (χ4v) is 1.51. The van der Waals surface area contributed by atoms with Crippen molar-refractivity contribution in [1.82, 2.24) is 5.32 Å². The summed E-state index contributed by atoms with van der Waals surface area (Å²) < 4.78 is 4.98. The van der Waals surface area contributed by atoms with Crippen molar-refractivity contribution in [3.05, 3.63) is 0 Å². The molecule has 0 rings (SSSR count). The summed E-state index contributed by atoms with van der Waals surface area (Å²) in [4.78, 5) is 11.6. The Balaban J connectivity index is 3.91. The molecule has 0 spiro atoms. The molecule has 0 saturated carbocycles. The number of carbonyl (C=O) groups excluding carboxylic acids is 1. The number of rotatable bonds is 7. The van der Waals surface area contributed by atoms with Crippen LogP contribution in [-0.4, -0.2) is 31.7 Å². The Kier molecular flexibility index (Phi) is 6.52. The fourth-order valence-electron chi connectivity index (χ4n) is 1.51. The van der Waals surface area contributed by atoms with E-state index in [-0.39, 0.29) is 17.4 Å². The summed E-state index contributed by atoms with van der Waals surface area (Å²) in [6.45, 7) is 7.17. The van der Waals surface area contributed by atoms with Crippen molar-refractivity contribution < 1.29 is 9.53 Å². The van der Waals surface area contributed by atoms with Gasteiger partial charge in [0, 0.05) is 25.7 Å². The number of nitrogens with one attached hydrogen (secondary N) is 1. The summed E-state index contributed by atoms with van der Waals surface area (Å²) >= 11 is 0. The summed E-state index contributed by atoms with van der Waals surface area (Å²) in [5, 5.41) is 2.97. The van der Waals surface area contributed by atoms with Crippen molar-refractivity contribution in [2.24, 2.45) is 11.7 Å². The van der Waals surface area contributed by atoms with Gasteiger partial charge in [0.05, 0.1) is 0 Å². The standard InChI is InChI=1S/C11H24N2O2/c1-9(8-15-4)7-10(14)13-11(2,3)5-6-12/h9H,5-8,12H2,1-4H3,(H,13,14). The van der Waals surface area contributed by atoms with Crippen LogP contribution in [0.25, 0.3) is 0 Å². The van der Waals surface area contributed by atoms with E-state index in [1.54, 1.807) is 7.11 Å². The lowest BCUT2D eigenvalue weighted by molar-refractivity contribution is -0.123. The zero-order valence-electron chi connectivity index (χ0n) is 10.3. The maximum Gasteiger partial charge on any atom is 0.220 e. The molecule has 0 aromatic rings. The van der Waals surface area contributed by atoms with E-state index in [1.165, 1.54) is 0 Å². The third-order valence-corrected chi connectivity index (χ3v) is 2.23. The van der Waals surface area contributed by atoms with Crippen molar-refractivity contribution in [2.45, 2.75) is 39.2 Å². The predicted octanol–water partition coefficient (Wildman–Crippen LogP) is 0.903. The van der Waals surface area contributed by atoms with Gasteiger partial charge in [0.2, 0.25) is 5.91 Å². The molecule has 0 aromatic carbocycles. The number of carbonyl (C=O) groups is 1. The van der Waals surface area contributed by atoms with Gasteiger partial charge < -0.3 is 15.8 Å². The minimum absolute atomic E-state index is 0.0676. The van der Waals surface area contributed by atoms with E-state index in [0.29, 0.717) is 19.6 Å². The van der Waals surface area contributed by atoms with Crippen LogP contribution in [0.1, 0.15) is 33.6 Å². The zero-order valence-corrected chi connectivity index (χ0v) is 10.3. The largest absolute Gasteiger partial charge is 0.384 e. The van der Waals surface area contributed by atoms with Gasteiger partial charge >= 0.3 is 0 Å². The number of methoxy groups -OCH3 is 1. The van der Waals surface area contributed by atoms with Gasteiger partial charge in [-0.25, -0.2) is 0 Å². The molecule has 0 saturated heterocycles. The molecule has 0 radical (unpaired) electrons. The normalized spacial score (nSPS) is 13.7. The average molecular weight is 216 g/mol. The van der Waals surface area contributed by atoms with Crippen molar-refractivity contribution in [3.63, 3.8) is 0 Å². The van der Waals surface area contributed by atoms with Crippen molar-refractivity contribution in [2.75, 3.05) is 20.3 Å². The van der Waals surface area contributed by atoms with Gasteiger partial charge in [-0.2, -0.15) is 0 Å². The van der Waals surface area contributed by atoms with E-state index in [0.717, 1.165) is 6.42 Å². The fraction of sp³-hybridized carbons (Fsp3) is 0.909. The third-order valence-electron chi connectivity index (χ3n) is 2.23. The van der Waals surface area contributed by atoms with E-state index >= 15 is 0 Å². The second-order valence-corrected chi connectivity index (χ2v) is 4.74. The highest BCUT2D eigenvalue weighted by Gasteiger charge is 2.20. The maximum absolute atomic E-state index is 11.6. The minimum atomic E-state index is -0.210. The quantitative estimate of drug-likeness (QED) is 0.664. The molecule has 0 bridgehead atoms. The molecule has 1 amide bonds. The van der Waals surface area contributed by atoms with Crippen LogP contribution in [0.2, 0.25) is 0 Å². The lowest BCUT2D eigenvalue weighted by Gasteiger charge is -2.26. The first-order chi connectivity index (χ1) is 6.91. The first kappa shape index (κ1) is 14.4. The monoisotopic (exact) mass is 216 g/mol. The first-order valence-electron chi connectivity index (χ1n) is 5.41. The summed E-state index contributed by atoms with van der Waals surface area (Å²) in [6, 6.07) is 0. The van der Waals surface area contributed by atoms with Crippen LogP contribution in [-0.2, 0) is 9.53 Å². The van der Waals surface area contributed by atoms with Crippen LogP contribution in [0.3, 0.4) is 0 Å². The van der Waals surface area contributed by atoms with Gasteiger partial charge in [-0.05, 0) is 32.7 Å². The molecule has 1 unspecified atom stereocenters. The number of nitrogens with two attached hydrogens (primary N) is 1. The molecule has 90 valence electrons. The molecular weight excluding hydrogens is 192 g/mol. The first-order valence-corrected chi connectivity index (χ1v) is 5.41. The van der Waals surface area contributed by atoms with Gasteiger partial charge in [0.1, 0.15) is 0 Å². The SMILES string of the molecule is COCC(C)CC(=O)NC(C)(C)CCN. The van der Waals surface area contributed by atoms with Gasteiger partial charge in [0.15, 0.2) is 0 Å². The second-order valence-electron chi connectivity index (χ2n) is 4.74. The van der Waals surface area contributed by atoms with Crippen molar-refractivity contribution >= 4 is 5.91 Å². The van der Waals surface area contributed by atoms with Crippen LogP contribution in [0.4, 0.5) is 0 Å². The van der Waals surface area contributed by atoms with Crippen molar-refractivity contribution in [3.8, 4) is 0 Å². The summed E-state index contributed by atoms with van der Waals surface area (Å²) in [5.41, 5.74) is 5.26. The summed E-state index contributed by atoms with van der Waals surface area (Å²) in [5.74, 6) is 0.321. The molecule has 4 nitrogen and oxygen atoms in total. The summed E-state index contributed by atoms with van der Waals surface area (Å²) in [7, 11) is 1.65. The van der Waals surface area contributed by atoms with E-state index in [9.17, 15) is 4.79 Å². The molecule has 0 aliphatic carbocycles. The van der Waals surface area contributed by atoms with E-state index in [1.807, 2.05) is 20.8 Å². The van der Waals surface area contributed by atoms with Gasteiger partial charge in [0.25, 0.3) is 0 Å². The Morgan fingerprint density at radius 3 is 2.60 bits per heavy atom. The molecule has 3 N–H and O–H groups in total. The molecular formula is C11H24N2O2. The Morgan fingerprint density at radius 1 is 1.53 bits per heavy atom. The number of amides is 1.